The van der Waals surface area contributed by atoms with Crippen LogP contribution in [0.4, 0.5) is 5.82 Å². The van der Waals surface area contributed by atoms with E-state index in [0.717, 1.165) is 16.7 Å². The Balaban J connectivity index is 2.31. The minimum absolute atomic E-state index is 0.611. The number of ether oxygens (including phenoxy) is 1. The maximum atomic E-state index is 5.62. The van der Waals surface area contributed by atoms with Crippen molar-refractivity contribution in [3.05, 3.63) is 10.8 Å². The molecular weight excluding hydrogens is 282 g/mol. The Hall–Kier alpha value is -0.840. The first-order chi connectivity index (χ1) is 8.29. The molecule has 1 aromatic heterocycles. The van der Waals surface area contributed by atoms with Gasteiger partial charge in [0.25, 0.3) is 0 Å². The largest absolute Gasteiger partial charge is 0.477 e. The molecule has 0 atom stereocenters. The highest BCUT2D eigenvalue weighted by Gasteiger charge is 2.07. The molecule has 1 rings (SSSR count). The van der Waals surface area contributed by atoms with Crippen LogP contribution in [0.25, 0.3) is 0 Å². The molecule has 0 amide bonds. The van der Waals surface area contributed by atoms with E-state index in [9.17, 15) is 0 Å². The van der Waals surface area contributed by atoms with Gasteiger partial charge in [-0.25, -0.2) is 9.97 Å². The van der Waals surface area contributed by atoms with Crippen molar-refractivity contribution in [2.24, 2.45) is 0 Å². The monoisotopic (exact) mass is 301 g/mol. The third-order valence-corrected chi connectivity index (χ3v) is 3.20. The lowest BCUT2D eigenvalue weighted by molar-refractivity contribution is 0.291. The summed E-state index contributed by atoms with van der Waals surface area (Å²) in [6.07, 6.45) is 7.65. The third-order valence-electron chi connectivity index (χ3n) is 2.48. The van der Waals surface area contributed by atoms with E-state index in [4.69, 9.17) is 4.74 Å². The third kappa shape index (κ3) is 4.89. The summed E-state index contributed by atoms with van der Waals surface area (Å²) in [4.78, 5) is 8.18. The highest BCUT2D eigenvalue weighted by atomic mass is 79.9. The molecule has 0 saturated carbocycles. The second-order valence-electron chi connectivity index (χ2n) is 3.85. The van der Waals surface area contributed by atoms with Gasteiger partial charge in [0.1, 0.15) is 16.6 Å². The van der Waals surface area contributed by atoms with Crippen molar-refractivity contribution in [1.29, 1.82) is 0 Å². The topological polar surface area (TPSA) is 47.0 Å². The molecule has 1 heterocycles. The van der Waals surface area contributed by atoms with Crippen LogP contribution in [0.3, 0.4) is 0 Å². The van der Waals surface area contributed by atoms with Gasteiger partial charge in [-0.1, -0.05) is 32.6 Å². The van der Waals surface area contributed by atoms with Crippen molar-refractivity contribution in [2.45, 2.75) is 39.0 Å². The van der Waals surface area contributed by atoms with Crippen LogP contribution in [0.1, 0.15) is 39.0 Å². The van der Waals surface area contributed by atoms with E-state index >= 15 is 0 Å². The Labute approximate surface area is 111 Å². The fourth-order valence-electron chi connectivity index (χ4n) is 1.50. The van der Waals surface area contributed by atoms with Crippen LogP contribution in [-0.4, -0.2) is 23.6 Å². The molecule has 17 heavy (non-hydrogen) atoms. The van der Waals surface area contributed by atoms with Gasteiger partial charge in [-0.3, -0.25) is 0 Å². The van der Waals surface area contributed by atoms with Crippen molar-refractivity contribution >= 4 is 21.7 Å². The molecule has 0 aliphatic carbocycles. The zero-order valence-electron chi connectivity index (χ0n) is 10.5. The van der Waals surface area contributed by atoms with Crippen LogP contribution in [0.15, 0.2) is 10.8 Å². The summed E-state index contributed by atoms with van der Waals surface area (Å²) in [6.45, 7) is 2.93. The first kappa shape index (κ1) is 14.2. The first-order valence-electron chi connectivity index (χ1n) is 6.10. The molecule has 5 heteroatoms. The molecule has 0 aliphatic rings. The van der Waals surface area contributed by atoms with Gasteiger partial charge in [0.2, 0.25) is 5.88 Å². The van der Waals surface area contributed by atoms with Gasteiger partial charge < -0.3 is 10.1 Å². The van der Waals surface area contributed by atoms with Crippen LogP contribution in [-0.2, 0) is 0 Å². The lowest BCUT2D eigenvalue weighted by Crippen LogP contribution is -2.02. The number of unbranched alkanes of at least 4 members (excludes halogenated alkanes) is 4. The highest BCUT2D eigenvalue weighted by Crippen LogP contribution is 2.27. The van der Waals surface area contributed by atoms with Crippen molar-refractivity contribution in [1.82, 2.24) is 9.97 Å². The zero-order chi connectivity index (χ0) is 12.5. The van der Waals surface area contributed by atoms with E-state index in [1.807, 2.05) is 7.05 Å². The lowest BCUT2D eigenvalue weighted by Gasteiger charge is -2.09. The summed E-state index contributed by atoms with van der Waals surface area (Å²) in [6, 6.07) is 0. The number of hydrogen-bond acceptors (Lipinski definition) is 4. The van der Waals surface area contributed by atoms with E-state index in [2.05, 4.69) is 38.1 Å². The summed E-state index contributed by atoms with van der Waals surface area (Å²) in [7, 11) is 1.82. The van der Waals surface area contributed by atoms with Gasteiger partial charge in [-0.2, -0.15) is 0 Å². The summed E-state index contributed by atoms with van der Waals surface area (Å²) < 4.78 is 6.41. The molecule has 96 valence electrons. The standard InChI is InChI=1S/C12H20BrN3O/c1-3-4-5-6-7-8-17-12-10(13)11(14-2)15-9-16-12/h9H,3-8H2,1-2H3,(H,14,15,16). The highest BCUT2D eigenvalue weighted by molar-refractivity contribution is 9.10. The number of rotatable bonds is 8. The summed E-state index contributed by atoms with van der Waals surface area (Å²) in [5, 5.41) is 2.98. The molecule has 0 radical (unpaired) electrons. The minimum Gasteiger partial charge on any atom is -0.477 e. The number of aromatic nitrogens is 2. The van der Waals surface area contributed by atoms with Crippen molar-refractivity contribution in [2.75, 3.05) is 19.0 Å². The summed E-state index contributed by atoms with van der Waals surface area (Å²) >= 11 is 3.42. The Bertz CT molecular complexity index is 334. The number of halogens is 1. The van der Waals surface area contributed by atoms with E-state index in [1.54, 1.807) is 0 Å². The second-order valence-corrected chi connectivity index (χ2v) is 4.65. The average Bonchev–Trinajstić information content (AvgIpc) is 2.35. The maximum absolute atomic E-state index is 5.62. The molecule has 0 fully saturated rings. The molecule has 4 nitrogen and oxygen atoms in total. The normalized spacial score (nSPS) is 10.3. The molecule has 0 saturated heterocycles. The molecule has 0 aliphatic heterocycles. The number of anilines is 1. The summed E-state index contributed by atoms with van der Waals surface area (Å²) in [5.41, 5.74) is 0. The van der Waals surface area contributed by atoms with Gasteiger partial charge in [-0.15, -0.1) is 0 Å². The molecule has 0 spiro atoms. The van der Waals surface area contributed by atoms with Gasteiger partial charge in [0.05, 0.1) is 6.61 Å². The Morgan fingerprint density at radius 3 is 2.71 bits per heavy atom. The van der Waals surface area contributed by atoms with E-state index in [1.165, 1.54) is 32.0 Å². The average molecular weight is 302 g/mol. The quantitative estimate of drug-likeness (QED) is 0.745. The summed E-state index contributed by atoms with van der Waals surface area (Å²) in [5.74, 6) is 1.36. The number of nitrogens with zero attached hydrogens (tertiary/aromatic N) is 2. The van der Waals surface area contributed by atoms with Gasteiger partial charge >= 0.3 is 0 Å². The molecular formula is C12H20BrN3O. The zero-order valence-corrected chi connectivity index (χ0v) is 12.1. The number of hydrogen-bond donors (Lipinski definition) is 1. The Kier molecular flexibility index (Phi) is 6.93. The van der Waals surface area contributed by atoms with Crippen LogP contribution in [0, 0.1) is 0 Å². The smallest absolute Gasteiger partial charge is 0.233 e. The van der Waals surface area contributed by atoms with E-state index < -0.39 is 0 Å². The molecule has 0 bridgehead atoms. The Morgan fingerprint density at radius 2 is 2.00 bits per heavy atom. The minimum atomic E-state index is 0.611. The molecule has 1 aromatic rings. The fraction of sp³-hybridized carbons (Fsp3) is 0.667. The van der Waals surface area contributed by atoms with Crippen LogP contribution < -0.4 is 10.1 Å². The molecule has 0 unspecified atom stereocenters. The lowest BCUT2D eigenvalue weighted by atomic mass is 10.2. The van der Waals surface area contributed by atoms with Crippen molar-refractivity contribution in [3.8, 4) is 5.88 Å². The first-order valence-corrected chi connectivity index (χ1v) is 6.90. The van der Waals surface area contributed by atoms with Crippen molar-refractivity contribution in [3.63, 3.8) is 0 Å². The van der Waals surface area contributed by atoms with Gasteiger partial charge in [0.15, 0.2) is 0 Å². The van der Waals surface area contributed by atoms with Crippen molar-refractivity contribution < 1.29 is 4.74 Å². The predicted molar refractivity (Wildman–Crippen MR) is 73.5 cm³/mol. The predicted octanol–water partition coefficient (Wildman–Crippen LogP) is 3.63. The van der Waals surface area contributed by atoms with Gasteiger partial charge in [0, 0.05) is 7.05 Å². The molecule has 0 aromatic carbocycles. The molecule has 1 N–H and O–H groups in total. The fourth-order valence-corrected chi connectivity index (χ4v) is 2.02. The van der Waals surface area contributed by atoms with E-state index in [-0.39, 0.29) is 0 Å². The van der Waals surface area contributed by atoms with Crippen LogP contribution in [0.2, 0.25) is 0 Å². The van der Waals surface area contributed by atoms with Gasteiger partial charge in [-0.05, 0) is 22.4 Å². The number of nitrogens with one attached hydrogen (secondary N) is 1. The second kappa shape index (κ2) is 8.28. The van der Waals surface area contributed by atoms with E-state index in [0.29, 0.717) is 12.5 Å². The van der Waals surface area contributed by atoms with Crippen LogP contribution in [0.5, 0.6) is 5.88 Å². The van der Waals surface area contributed by atoms with Crippen LogP contribution >= 0.6 is 15.9 Å². The Morgan fingerprint density at radius 1 is 1.24 bits per heavy atom. The SMILES string of the molecule is CCCCCCCOc1ncnc(NC)c1Br. The maximum Gasteiger partial charge on any atom is 0.233 e.